The summed E-state index contributed by atoms with van der Waals surface area (Å²) < 4.78 is 0. The number of likely N-dealkylation sites (tertiary alicyclic amines) is 1. The van der Waals surface area contributed by atoms with Crippen LogP contribution in [0.25, 0.3) is 10.9 Å². The Morgan fingerprint density at radius 2 is 2.21 bits per heavy atom. The number of nitrogens with one attached hydrogen (secondary N) is 2. The third-order valence-corrected chi connectivity index (χ3v) is 6.34. The van der Waals surface area contributed by atoms with Gasteiger partial charge >= 0.3 is 6.03 Å². The van der Waals surface area contributed by atoms with Crippen LogP contribution >= 0.6 is 11.6 Å². The van der Waals surface area contributed by atoms with E-state index in [9.17, 15) is 9.90 Å². The van der Waals surface area contributed by atoms with Crippen molar-refractivity contribution in [1.82, 2.24) is 20.4 Å². The Morgan fingerprint density at radius 1 is 1.48 bits per heavy atom. The first-order valence-electron chi connectivity index (χ1n) is 10.0. The molecule has 1 aromatic heterocycles. The monoisotopic (exact) mass is 417 g/mol. The number of hydrogen-bond acceptors (Lipinski definition) is 4. The molecule has 0 unspecified atom stereocenters. The molecule has 1 saturated heterocycles. The lowest BCUT2D eigenvalue weighted by atomic mass is 9.68. The number of rotatable bonds is 6. The van der Waals surface area contributed by atoms with Gasteiger partial charge in [-0.15, -0.1) is 0 Å². The maximum absolute atomic E-state index is 12.3. The molecule has 0 spiro atoms. The molecule has 3 N–H and O–H groups in total. The summed E-state index contributed by atoms with van der Waals surface area (Å²) in [5.41, 5.74) is 1.18. The zero-order valence-corrected chi connectivity index (χ0v) is 17.7. The number of carbonyl (C=O) groups excluding carboxylic acids is 1. The topological polar surface area (TPSA) is 105 Å². The molecular formula is C21H28ClN5O2. The molecule has 8 heteroatoms. The molecule has 0 radical (unpaired) electrons. The molecule has 0 aliphatic carbocycles. The molecule has 0 bridgehead atoms. The Balaban J connectivity index is 1.64. The maximum Gasteiger partial charge on any atom is 0.317 e. The Hall–Kier alpha value is -2.30. The highest BCUT2D eigenvalue weighted by Gasteiger charge is 2.40. The van der Waals surface area contributed by atoms with Crippen LogP contribution in [0, 0.1) is 22.7 Å². The average molecular weight is 418 g/mol. The second-order valence-corrected chi connectivity index (χ2v) is 8.74. The number of aromatic amines is 1. The lowest BCUT2D eigenvalue weighted by molar-refractivity contribution is -0.0143. The second kappa shape index (κ2) is 9.02. The number of unbranched alkanes of at least 4 members (excludes halogenated alkanes) is 1. The van der Waals surface area contributed by atoms with Crippen LogP contribution in [0.4, 0.5) is 4.79 Å². The van der Waals surface area contributed by atoms with Gasteiger partial charge in [-0.05, 0) is 42.7 Å². The van der Waals surface area contributed by atoms with Gasteiger partial charge in [-0.1, -0.05) is 25.4 Å². The van der Waals surface area contributed by atoms with Gasteiger partial charge in [0.25, 0.3) is 0 Å². The summed E-state index contributed by atoms with van der Waals surface area (Å²) in [5.74, 6) is 0.261. The minimum absolute atomic E-state index is 0.0752. The van der Waals surface area contributed by atoms with Gasteiger partial charge in [0, 0.05) is 42.0 Å². The highest BCUT2D eigenvalue weighted by Crippen LogP contribution is 2.46. The minimum Gasteiger partial charge on any atom is -0.388 e. The number of urea groups is 1. The van der Waals surface area contributed by atoms with Gasteiger partial charge in [0.1, 0.15) is 0 Å². The van der Waals surface area contributed by atoms with E-state index in [1.807, 2.05) is 11.0 Å². The number of piperidine rings is 1. The molecule has 0 saturated carbocycles. The van der Waals surface area contributed by atoms with Gasteiger partial charge in [0.2, 0.25) is 0 Å². The number of nitriles is 1. The molecule has 2 amide bonds. The van der Waals surface area contributed by atoms with Crippen LogP contribution in [-0.4, -0.2) is 45.9 Å². The van der Waals surface area contributed by atoms with E-state index in [2.05, 4.69) is 35.4 Å². The lowest BCUT2D eigenvalue weighted by Gasteiger charge is -2.43. The van der Waals surface area contributed by atoms with Crippen LogP contribution in [0.15, 0.2) is 18.3 Å². The predicted molar refractivity (Wildman–Crippen MR) is 112 cm³/mol. The van der Waals surface area contributed by atoms with Crippen molar-refractivity contribution >= 4 is 28.5 Å². The maximum atomic E-state index is 12.3. The largest absolute Gasteiger partial charge is 0.388 e. The van der Waals surface area contributed by atoms with Gasteiger partial charge in [0.05, 0.1) is 23.9 Å². The molecule has 29 heavy (non-hydrogen) atoms. The van der Waals surface area contributed by atoms with Crippen molar-refractivity contribution in [3.8, 4) is 6.07 Å². The van der Waals surface area contributed by atoms with Crippen molar-refractivity contribution in [3.05, 3.63) is 28.9 Å². The molecule has 1 atom stereocenters. The summed E-state index contributed by atoms with van der Waals surface area (Å²) in [5, 5.41) is 31.2. The number of aromatic nitrogens is 2. The summed E-state index contributed by atoms with van der Waals surface area (Å²) in [6.45, 7) is 5.97. The zero-order valence-electron chi connectivity index (χ0n) is 16.9. The third-order valence-electron chi connectivity index (χ3n) is 6.12. The number of H-pyrrole nitrogens is 1. The van der Waals surface area contributed by atoms with Crippen molar-refractivity contribution in [2.75, 3.05) is 19.6 Å². The molecule has 7 nitrogen and oxygen atoms in total. The van der Waals surface area contributed by atoms with Gasteiger partial charge in [-0.3, -0.25) is 5.10 Å². The quantitative estimate of drug-likeness (QED) is 0.617. The lowest BCUT2D eigenvalue weighted by Crippen LogP contribution is -2.47. The van der Waals surface area contributed by atoms with Crippen LogP contribution in [0.3, 0.4) is 0 Å². The number of aliphatic hydroxyl groups is 1. The van der Waals surface area contributed by atoms with Crippen LogP contribution in [0.5, 0.6) is 0 Å². The Morgan fingerprint density at radius 3 is 2.90 bits per heavy atom. The fourth-order valence-electron chi connectivity index (χ4n) is 4.19. The number of fused-ring (bicyclic) bond motifs is 1. The fourth-order valence-corrected chi connectivity index (χ4v) is 4.42. The van der Waals surface area contributed by atoms with Gasteiger partial charge in [-0.2, -0.15) is 10.4 Å². The summed E-state index contributed by atoms with van der Waals surface area (Å²) in [7, 11) is 0. The van der Waals surface area contributed by atoms with Crippen LogP contribution in [0.1, 0.15) is 51.2 Å². The normalized spacial score (nSPS) is 16.6. The Kier molecular flexibility index (Phi) is 6.66. The van der Waals surface area contributed by atoms with E-state index in [1.165, 1.54) is 0 Å². The number of halogens is 1. The van der Waals surface area contributed by atoms with Crippen LogP contribution in [-0.2, 0) is 0 Å². The minimum atomic E-state index is -0.708. The second-order valence-electron chi connectivity index (χ2n) is 8.31. The first-order chi connectivity index (χ1) is 13.8. The van der Waals surface area contributed by atoms with Crippen molar-refractivity contribution < 1.29 is 9.90 Å². The zero-order chi connectivity index (χ0) is 21.0. The van der Waals surface area contributed by atoms with E-state index in [4.69, 9.17) is 16.9 Å². The van der Waals surface area contributed by atoms with E-state index in [1.54, 1.807) is 12.3 Å². The molecule has 1 aliphatic rings. The first-order valence-corrected chi connectivity index (χ1v) is 10.4. The summed E-state index contributed by atoms with van der Waals surface area (Å²) in [6.07, 6.45) is 3.75. The van der Waals surface area contributed by atoms with Crippen molar-refractivity contribution in [1.29, 1.82) is 5.26 Å². The highest BCUT2D eigenvalue weighted by molar-refractivity contribution is 6.31. The van der Waals surface area contributed by atoms with Gasteiger partial charge in [-0.25, -0.2) is 4.79 Å². The highest BCUT2D eigenvalue weighted by atomic mass is 35.5. The van der Waals surface area contributed by atoms with Crippen LogP contribution in [0.2, 0.25) is 5.02 Å². The number of nitrogens with zero attached hydrogens (tertiary/aromatic N) is 3. The molecule has 2 heterocycles. The number of hydrogen-bond donors (Lipinski definition) is 3. The van der Waals surface area contributed by atoms with Crippen molar-refractivity contribution in [2.24, 2.45) is 11.3 Å². The SMILES string of the molecule is CC(C)(C1CCN(C(=O)NCCCC#N)CC1)[C@H](O)c1cc(Cl)cc2cn[nH]c12. The smallest absolute Gasteiger partial charge is 0.317 e. The molecule has 1 aliphatic heterocycles. The average Bonchev–Trinajstić information content (AvgIpc) is 3.18. The standard InChI is InChI=1S/C21H28ClN5O2/c1-21(2,19(28)17-12-16(22)11-14-13-25-26-18(14)17)15-5-9-27(10-6-15)20(29)24-8-4-3-7-23/h11-13,15,19,28H,3-6,8-10H2,1-2H3,(H,24,29)(H,25,26)/t19-/m1/s1. The van der Waals surface area contributed by atoms with E-state index < -0.39 is 11.5 Å². The summed E-state index contributed by atoms with van der Waals surface area (Å²) in [6, 6.07) is 5.64. The molecule has 156 valence electrons. The molecule has 1 aromatic carbocycles. The third kappa shape index (κ3) is 4.65. The fraction of sp³-hybridized carbons (Fsp3) is 0.571. The Labute approximate surface area is 176 Å². The van der Waals surface area contributed by atoms with E-state index >= 15 is 0 Å². The molecule has 3 rings (SSSR count). The van der Waals surface area contributed by atoms with E-state index in [0.29, 0.717) is 37.5 Å². The Bertz CT molecular complexity index is 896. The molecule has 1 fully saturated rings. The summed E-state index contributed by atoms with van der Waals surface area (Å²) >= 11 is 6.25. The van der Waals surface area contributed by atoms with Crippen molar-refractivity contribution in [2.45, 2.75) is 45.6 Å². The van der Waals surface area contributed by atoms with Crippen molar-refractivity contribution in [3.63, 3.8) is 0 Å². The first kappa shape index (κ1) is 21.4. The number of benzene rings is 1. The summed E-state index contributed by atoms with van der Waals surface area (Å²) in [4.78, 5) is 14.1. The number of amides is 2. The van der Waals surface area contributed by atoms with Gasteiger partial charge < -0.3 is 15.3 Å². The van der Waals surface area contributed by atoms with Gasteiger partial charge in [0.15, 0.2) is 0 Å². The van der Waals surface area contributed by atoms with Crippen LogP contribution < -0.4 is 5.32 Å². The van der Waals surface area contributed by atoms with E-state index in [-0.39, 0.29) is 11.9 Å². The number of aliphatic hydroxyl groups excluding tert-OH is 1. The van der Waals surface area contributed by atoms with E-state index in [0.717, 1.165) is 29.3 Å². The predicted octanol–water partition coefficient (Wildman–Crippen LogP) is 4.00. The number of carbonyl (C=O) groups is 1. The molecular weight excluding hydrogens is 390 g/mol. The molecule has 2 aromatic rings.